The van der Waals surface area contributed by atoms with E-state index in [0.717, 1.165) is 49.4 Å². The van der Waals surface area contributed by atoms with Crippen molar-refractivity contribution >= 4 is 12.1 Å². The van der Waals surface area contributed by atoms with Crippen molar-refractivity contribution in [2.75, 3.05) is 33.2 Å². The average Bonchev–Trinajstić information content (AvgIpc) is 3.29. The molecule has 1 heterocycles. The van der Waals surface area contributed by atoms with Crippen molar-refractivity contribution in [3.63, 3.8) is 0 Å². The number of aliphatic imine (C=N–C) groups is 1. The van der Waals surface area contributed by atoms with Crippen molar-refractivity contribution in [1.82, 2.24) is 9.80 Å². The summed E-state index contributed by atoms with van der Waals surface area (Å²) in [5.74, 6) is 0.927. The molecule has 0 atom stereocenters. The first-order valence-corrected chi connectivity index (χ1v) is 16.8. The molecule has 4 heteroatoms. The summed E-state index contributed by atoms with van der Waals surface area (Å²) in [7, 11) is 1.75. The fraction of sp³-hybridized carbons (Fsp3) is 0.512. The molecule has 1 amide bonds. The molecule has 0 saturated carbocycles. The second kappa shape index (κ2) is 28.1. The highest BCUT2D eigenvalue weighted by Crippen LogP contribution is 2.23. The highest BCUT2D eigenvalue weighted by Gasteiger charge is 2.26. The Balaban J connectivity index is 0. The van der Waals surface area contributed by atoms with Crippen molar-refractivity contribution < 1.29 is 4.79 Å². The molecule has 1 aliphatic heterocycles. The van der Waals surface area contributed by atoms with Crippen LogP contribution in [0.5, 0.6) is 0 Å². The molecular weight excluding hydrogens is 550 g/mol. The van der Waals surface area contributed by atoms with E-state index in [0.29, 0.717) is 12.6 Å². The third-order valence-electron chi connectivity index (χ3n) is 7.11. The Kier molecular flexibility index (Phi) is 27.3. The van der Waals surface area contributed by atoms with E-state index in [1.54, 1.807) is 20.2 Å². The van der Waals surface area contributed by atoms with E-state index in [1.165, 1.54) is 36.1 Å². The van der Waals surface area contributed by atoms with E-state index in [4.69, 9.17) is 0 Å². The summed E-state index contributed by atoms with van der Waals surface area (Å²) in [5.41, 5.74) is 6.02. The lowest BCUT2D eigenvalue weighted by Crippen LogP contribution is -2.47. The van der Waals surface area contributed by atoms with Crippen LogP contribution in [-0.2, 0) is 4.79 Å². The van der Waals surface area contributed by atoms with Gasteiger partial charge >= 0.3 is 0 Å². The zero-order valence-corrected chi connectivity index (χ0v) is 30.5. The van der Waals surface area contributed by atoms with Gasteiger partial charge in [-0.15, -0.1) is 12.8 Å². The van der Waals surface area contributed by atoms with Gasteiger partial charge in [0.15, 0.2) is 0 Å². The normalized spacial score (nSPS) is 14.7. The van der Waals surface area contributed by atoms with Gasteiger partial charge in [-0.25, -0.2) is 0 Å². The van der Waals surface area contributed by atoms with Gasteiger partial charge in [0.2, 0.25) is 5.91 Å². The molecule has 1 aromatic carbocycles. The monoisotopic (exact) mass is 616 g/mol. The van der Waals surface area contributed by atoms with E-state index in [-0.39, 0.29) is 5.91 Å². The molecule has 45 heavy (non-hydrogen) atoms. The summed E-state index contributed by atoms with van der Waals surface area (Å²) in [6.07, 6.45) is 27.7. The summed E-state index contributed by atoms with van der Waals surface area (Å²) >= 11 is 0. The molecule has 0 bridgehead atoms. The first kappa shape index (κ1) is 43.7. The number of aryl methyl sites for hydroxylation is 2. The van der Waals surface area contributed by atoms with E-state index in [9.17, 15) is 4.79 Å². The number of rotatable bonds is 9. The molecule has 0 unspecified atom stereocenters. The fourth-order valence-electron chi connectivity index (χ4n) is 4.61. The minimum Gasteiger partial charge on any atom is -0.336 e. The molecule has 1 fully saturated rings. The number of allylic oxidation sites excluding steroid dienone is 8. The quantitative estimate of drug-likeness (QED) is 0.157. The maximum atomic E-state index is 12.4. The Morgan fingerprint density at radius 1 is 1.09 bits per heavy atom. The minimum atomic E-state index is 0.181. The Labute approximate surface area is 278 Å². The topological polar surface area (TPSA) is 35.9 Å². The average molecular weight is 616 g/mol. The summed E-state index contributed by atoms with van der Waals surface area (Å²) in [6.45, 7) is 26.9. The van der Waals surface area contributed by atoms with Gasteiger partial charge < -0.3 is 9.80 Å². The van der Waals surface area contributed by atoms with Crippen LogP contribution in [0.2, 0.25) is 0 Å². The number of terminal acetylenes is 1. The van der Waals surface area contributed by atoms with Gasteiger partial charge in [0.1, 0.15) is 0 Å². The number of nitrogens with zero attached hydrogens (tertiary/aromatic N) is 3. The number of hydrogen-bond donors (Lipinski definition) is 0. The van der Waals surface area contributed by atoms with Gasteiger partial charge in [-0.1, -0.05) is 120 Å². The third-order valence-corrected chi connectivity index (χ3v) is 7.11. The van der Waals surface area contributed by atoms with Crippen LogP contribution >= 0.6 is 0 Å². The Bertz CT molecular complexity index is 1070. The molecule has 1 aliphatic carbocycles. The second-order valence-corrected chi connectivity index (χ2v) is 11.6. The highest BCUT2D eigenvalue weighted by molar-refractivity contribution is 5.74. The molecule has 0 radical (unpaired) electrons. The number of hydrogen-bond acceptors (Lipinski definition) is 3. The molecule has 2 aliphatic rings. The lowest BCUT2D eigenvalue weighted by Gasteiger charge is -2.38. The van der Waals surface area contributed by atoms with E-state index >= 15 is 0 Å². The van der Waals surface area contributed by atoms with Crippen LogP contribution in [0, 0.1) is 32.6 Å². The standard InChI is InChI=1S/C26H39N3O.C8H10.C3H8.C2H6.C2H2/c1-21(2)13-17-28-18-14-26(15-19-28)29(23(4)30)20-24-9-6-10-25(12-11-24)22(3)8-7-16-27-5;1-7-3-5-8(2)6-4-7;1-3-2;2*1-2/h6-10,12,16,21,26H,3,11,13-15,17-20H2,1-2,4-5H3;3-6H,1-2H3;3H2,1-2H3;1-2H3;1-2H/b8-7-,27-16?;;;;. The van der Waals surface area contributed by atoms with Crippen LogP contribution in [0.3, 0.4) is 0 Å². The Morgan fingerprint density at radius 3 is 2.09 bits per heavy atom. The van der Waals surface area contributed by atoms with Crippen LogP contribution in [0.1, 0.15) is 91.7 Å². The maximum Gasteiger partial charge on any atom is 0.219 e. The van der Waals surface area contributed by atoms with Gasteiger partial charge in [0, 0.05) is 45.9 Å². The predicted molar refractivity (Wildman–Crippen MR) is 202 cm³/mol. The zero-order chi connectivity index (χ0) is 34.6. The smallest absolute Gasteiger partial charge is 0.219 e. The van der Waals surface area contributed by atoms with Crippen LogP contribution in [0.15, 0.2) is 89.0 Å². The number of piperidine rings is 1. The third kappa shape index (κ3) is 21.0. The number of likely N-dealkylation sites (tertiary alicyclic amines) is 1. The van der Waals surface area contributed by atoms with Gasteiger partial charge in [-0.05, 0) is 74.8 Å². The van der Waals surface area contributed by atoms with Crippen molar-refractivity contribution in [1.29, 1.82) is 0 Å². The summed E-state index contributed by atoms with van der Waals surface area (Å²) in [6, 6.07) is 8.83. The number of amides is 1. The molecule has 4 nitrogen and oxygen atoms in total. The Hall–Kier alpha value is -3.42. The lowest BCUT2D eigenvalue weighted by molar-refractivity contribution is -0.131. The van der Waals surface area contributed by atoms with Crippen LogP contribution in [-0.4, -0.2) is 61.2 Å². The summed E-state index contributed by atoms with van der Waals surface area (Å²) in [5, 5.41) is 0. The first-order valence-electron chi connectivity index (χ1n) is 16.8. The number of carbonyl (C=O) groups is 1. The summed E-state index contributed by atoms with van der Waals surface area (Å²) in [4.78, 5) is 21.0. The molecule has 1 aromatic rings. The van der Waals surface area contributed by atoms with Crippen molar-refractivity contribution in [3.05, 3.63) is 95.1 Å². The fourth-order valence-corrected chi connectivity index (χ4v) is 4.61. The van der Waals surface area contributed by atoms with E-state index in [2.05, 4.69) is 124 Å². The van der Waals surface area contributed by atoms with E-state index < -0.39 is 0 Å². The maximum absolute atomic E-state index is 12.4. The molecule has 1 saturated heterocycles. The summed E-state index contributed by atoms with van der Waals surface area (Å²) < 4.78 is 0. The van der Waals surface area contributed by atoms with Crippen molar-refractivity contribution in [3.8, 4) is 12.8 Å². The first-order chi connectivity index (χ1) is 21.6. The molecule has 0 spiro atoms. The Morgan fingerprint density at radius 2 is 1.62 bits per heavy atom. The molecule has 0 aromatic heterocycles. The second-order valence-electron chi connectivity index (χ2n) is 11.6. The molecular formula is C41H65N3O. The van der Waals surface area contributed by atoms with Gasteiger partial charge in [0.05, 0.1) is 0 Å². The number of benzene rings is 1. The minimum absolute atomic E-state index is 0.181. The van der Waals surface area contributed by atoms with Crippen LogP contribution < -0.4 is 0 Å². The van der Waals surface area contributed by atoms with Crippen LogP contribution in [0.4, 0.5) is 0 Å². The van der Waals surface area contributed by atoms with Crippen molar-refractivity contribution in [2.24, 2.45) is 10.9 Å². The zero-order valence-electron chi connectivity index (χ0n) is 30.5. The highest BCUT2D eigenvalue weighted by atomic mass is 16.2. The van der Waals surface area contributed by atoms with Crippen molar-refractivity contribution in [2.45, 2.75) is 100 Å². The SMILES string of the molecule is C#C.C=C(/C=C\C=NC)C1=CCC(CN(C(C)=O)C2CCN(CCC(C)C)CC2)=CC=C1.CC.CCC.Cc1ccc(C)cc1. The number of carbonyl (C=O) groups excluding carboxylic acids is 1. The van der Waals surface area contributed by atoms with E-state index in [1.807, 2.05) is 26.0 Å². The van der Waals surface area contributed by atoms with Gasteiger partial charge in [-0.3, -0.25) is 9.79 Å². The molecule has 3 rings (SSSR count). The largest absolute Gasteiger partial charge is 0.336 e. The molecule has 250 valence electrons. The predicted octanol–water partition coefficient (Wildman–Crippen LogP) is 9.97. The molecule has 0 N–H and O–H groups in total. The van der Waals surface area contributed by atoms with Crippen LogP contribution in [0.25, 0.3) is 0 Å². The van der Waals surface area contributed by atoms with Gasteiger partial charge in [-0.2, -0.15) is 0 Å². The lowest BCUT2D eigenvalue weighted by atomic mass is 10.00. The van der Waals surface area contributed by atoms with Gasteiger partial charge in [0.25, 0.3) is 0 Å².